The van der Waals surface area contributed by atoms with Crippen molar-refractivity contribution in [2.45, 2.75) is 6.61 Å². The van der Waals surface area contributed by atoms with Gasteiger partial charge in [-0.05, 0) is 12.1 Å². The SMILES string of the molecule is COCc1nn(-c2ccccc2F)cc1C=O.ClCCl. The molecule has 108 valence electrons. The molecule has 1 heterocycles. The second-order valence-electron chi connectivity index (χ2n) is 3.58. The van der Waals surface area contributed by atoms with E-state index in [1.165, 1.54) is 24.1 Å². The number of methoxy groups -OCH3 is 1. The molecule has 0 N–H and O–H groups in total. The van der Waals surface area contributed by atoms with Crippen molar-refractivity contribution in [3.63, 3.8) is 0 Å². The van der Waals surface area contributed by atoms with Gasteiger partial charge in [0.05, 0.1) is 23.2 Å². The Balaban J connectivity index is 0.000000612. The first kappa shape index (κ1) is 16.6. The first-order valence-electron chi connectivity index (χ1n) is 5.57. The number of carbonyl (C=O) groups is 1. The van der Waals surface area contributed by atoms with Crippen LogP contribution in [0.25, 0.3) is 5.69 Å². The average Bonchev–Trinajstić information content (AvgIpc) is 2.83. The Morgan fingerprint density at radius 2 is 2.05 bits per heavy atom. The molecule has 2 rings (SSSR count). The number of halogens is 3. The Morgan fingerprint density at radius 1 is 1.40 bits per heavy atom. The van der Waals surface area contributed by atoms with Gasteiger partial charge in [0.2, 0.25) is 0 Å². The molecule has 7 heteroatoms. The van der Waals surface area contributed by atoms with E-state index in [0.717, 1.165) is 0 Å². The summed E-state index contributed by atoms with van der Waals surface area (Å²) >= 11 is 9.53. The lowest BCUT2D eigenvalue weighted by molar-refractivity contribution is 0.111. The van der Waals surface area contributed by atoms with E-state index in [1.807, 2.05) is 0 Å². The van der Waals surface area contributed by atoms with Gasteiger partial charge in [-0.1, -0.05) is 12.1 Å². The number of benzene rings is 1. The summed E-state index contributed by atoms with van der Waals surface area (Å²) in [6.45, 7) is 0.218. The van der Waals surface area contributed by atoms with Gasteiger partial charge < -0.3 is 4.74 Å². The number of rotatable bonds is 4. The molecule has 0 aliphatic rings. The highest BCUT2D eigenvalue weighted by Gasteiger charge is 2.11. The first-order chi connectivity index (χ1) is 9.67. The van der Waals surface area contributed by atoms with E-state index in [9.17, 15) is 9.18 Å². The zero-order chi connectivity index (χ0) is 15.0. The summed E-state index contributed by atoms with van der Waals surface area (Å²) in [7, 11) is 1.51. The van der Waals surface area contributed by atoms with E-state index in [-0.39, 0.29) is 11.9 Å². The normalized spacial score (nSPS) is 9.80. The zero-order valence-corrected chi connectivity index (χ0v) is 12.2. The molecule has 0 bridgehead atoms. The maximum atomic E-state index is 13.5. The molecule has 0 saturated carbocycles. The molecule has 0 aliphatic heterocycles. The molecule has 0 amide bonds. The minimum atomic E-state index is -0.392. The van der Waals surface area contributed by atoms with Crippen molar-refractivity contribution in [1.82, 2.24) is 9.78 Å². The fourth-order valence-electron chi connectivity index (χ4n) is 1.53. The summed E-state index contributed by atoms with van der Waals surface area (Å²) in [5, 5.41) is 4.32. The monoisotopic (exact) mass is 318 g/mol. The first-order valence-corrected chi connectivity index (χ1v) is 6.64. The Kier molecular flexibility index (Phi) is 7.22. The number of hydrogen-bond donors (Lipinski definition) is 0. The zero-order valence-electron chi connectivity index (χ0n) is 10.7. The maximum Gasteiger partial charge on any atom is 0.153 e. The van der Waals surface area contributed by atoms with Crippen LogP contribution in [0.3, 0.4) is 0 Å². The predicted molar refractivity (Wildman–Crippen MR) is 76.2 cm³/mol. The highest BCUT2D eigenvalue weighted by Crippen LogP contribution is 2.14. The number of aromatic nitrogens is 2. The molecule has 0 saturated heterocycles. The molecule has 2 aromatic rings. The van der Waals surface area contributed by atoms with Gasteiger partial charge in [0, 0.05) is 13.3 Å². The van der Waals surface area contributed by atoms with Crippen molar-refractivity contribution in [2.24, 2.45) is 0 Å². The second kappa shape index (κ2) is 8.68. The van der Waals surface area contributed by atoms with E-state index in [2.05, 4.69) is 5.10 Å². The van der Waals surface area contributed by atoms with Crippen LogP contribution in [-0.4, -0.2) is 28.5 Å². The fraction of sp³-hybridized carbons (Fsp3) is 0.231. The minimum Gasteiger partial charge on any atom is -0.378 e. The van der Waals surface area contributed by atoms with Gasteiger partial charge in [0.1, 0.15) is 11.5 Å². The highest BCUT2D eigenvalue weighted by molar-refractivity contribution is 6.40. The third kappa shape index (κ3) is 4.30. The third-order valence-electron chi connectivity index (χ3n) is 2.33. The smallest absolute Gasteiger partial charge is 0.153 e. The highest BCUT2D eigenvalue weighted by atomic mass is 35.5. The van der Waals surface area contributed by atoms with Gasteiger partial charge in [-0.3, -0.25) is 4.79 Å². The summed E-state index contributed by atoms with van der Waals surface area (Å²) < 4.78 is 19.8. The van der Waals surface area contributed by atoms with Crippen LogP contribution in [0.15, 0.2) is 30.5 Å². The molecule has 4 nitrogen and oxygen atoms in total. The molecule has 0 radical (unpaired) electrons. The maximum absolute atomic E-state index is 13.5. The molecule has 0 aliphatic carbocycles. The summed E-state index contributed by atoms with van der Waals surface area (Å²) in [4.78, 5) is 10.8. The number of alkyl halides is 2. The van der Waals surface area contributed by atoms with E-state index < -0.39 is 5.82 Å². The van der Waals surface area contributed by atoms with Gasteiger partial charge >= 0.3 is 0 Å². The van der Waals surface area contributed by atoms with Crippen LogP contribution >= 0.6 is 23.2 Å². The van der Waals surface area contributed by atoms with Crippen LogP contribution in [-0.2, 0) is 11.3 Å². The van der Waals surface area contributed by atoms with Gasteiger partial charge in [-0.2, -0.15) is 5.10 Å². The lowest BCUT2D eigenvalue weighted by Gasteiger charge is -2.01. The van der Waals surface area contributed by atoms with Crippen molar-refractivity contribution < 1.29 is 13.9 Å². The number of carbonyl (C=O) groups excluding carboxylic acids is 1. The fourth-order valence-corrected chi connectivity index (χ4v) is 1.53. The lowest BCUT2D eigenvalue weighted by atomic mass is 10.3. The molecule has 0 atom stereocenters. The van der Waals surface area contributed by atoms with Gasteiger partial charge in [0.15, 0.2) is 6.29 Å². The average molecular weight is 319 g/mol. The van der Waals surface area contributed by atoms with Crippen molar-refractivity contribution in [3.05, 3.63) is 47.5 Å². The number of hydrogen-bond acceptors (Lipinski definition) is 3. The van der Waals surface area contributed by atoms with Crippen LogP contribution < -0.4 is 0 Å². The Hall–Kier alpha value is -1.43. The largest absolute Gasteiger partial charge is 0.378 e. The van der Waals surface area contributed by atoms with Gasteiger partial charge in [-0.25, -0.2) is 9.07 Å². The number of ether oxygens (including phenoxy) is 1. The standard InChI is InChI=1S/C12H11FN2O2.CH2Cl2/c1-17-8-11-9(7-16)6-15(14-11)12-5-3-2-4-10(12)13;2-1-3/h2-7H,8H2,1H3;1H2. The van der Waals surface area contributed by atoms with Crippen molar-refractivity contribution in [1.29, 1.82) is 0 Å². The quantitative estimate of drug-likeness (QED) is 0.641. The molecule has 0 spiro atoms. The summed E-state index contributed by atoms with van der Waals surface area (Å²) in [5.74, 6) is -0.392. The van der Waals surface area contributed by atoms with Crippen molar-refractivity contribution >= 4 is 29.5 Å². The molecule has 20 heavy (non-hydrogen) atoms. The summed E-state index contributed by atoms with van der Waals surface area (Å²) in [6, 6.07) is 6.23. The van der Waals surface area contributed by atoms with Gasteiger partial charge in [-0.15, -0.1) is 23.2 Å². The van der Waals surface area contributed by atoms with E-state index in [1.54, 1.807) is 18.2 Å². The predicted octanol–water partition coefficient (Wildman–Crippen LogP) is 3.39. The molecule has 1 aromatic carbocycles. The van der Waals surface area contributed by atoms with Crippen LogP contribution in [0.1, 0.15) is 16.1 Å². The van der Waals surface area contributed by atoms with Crippen LogP contribution in [0.2, 0.25) is 0 Å². The Morgan fingerprint density at radius 3 is 2.60 bits per heavy atom. The number of aldehydes is 1. The summed E-state index contributed by atoms with van der Waals surface area (Å²) in [5.41, 5.74) is 1.19. The molecular weight excluding hydrogens is 306 g/mol. The minimum absolute atomic E-state index is 0.194. The van der Waals surface area contributed by atoms with Crippen LogP contribution in [0.4, 0.5) is 4.39 Å². The van der Waals surface area contributed by atoms with Crippen LogP contribution in [0.5, 0.6) is 0 Å². The van der Waals surface area contributed by atoms with Gasteiger partial charge in [0.25, 0.3) is 0 Å². The number of para-hydroxylation sites is 1. The topological polar surface area (TPSA) is 44.1 Å². The van der Waals surface area contributed by atoms with E-state index >= 15 is 0 Å². The van der Waals surface area contributed by atoms with E-state index in [4.69, 9.17) is 27.9 Å². The summed E-state index contributed by atoms with van der Waals surface area (Å²) in [6.07, 6.45) is 2.17. The molecule has 1 aromatic heterocycles. The third-order valence-corrected chi connectivity index (χ3v) is 2.33. The number of nitrogens with zero attached hydrogens (tertiary/aromatic N) is 2. The Labute approximate surface area is 126 Å². The van der Waals surface area contributed by atoms with Crippen molar-refractivity contribution in [2.75, 3.05) is 12.4 Å². The van der Waals surface area contributed by atoms with E-state index in [0.29, 0.717) is 23.2 Å². The molecule has 0 fully saturated rings. The lowest BCUT2D eigenvalue weighted by Crippen LogP contribution is -1.99. The Bertz CT molecular complexity index is 561. The van der Waals surface area contributed by atoms with Crippen LogP contribution in [0, 0.1) is 5.82 Å². The molecular formula is C13H13Cl2FN2O2. The molecule has 0 unspecified atom stereocenters. The van der Waals surface area contributed by atoms with Crippen molar-refractivity contribution in [3.8, 4) is 5.69 Å². The second-order valence-corrected chi connectivity index (χ2v) is 4.39.